The van der Waals surface area contributed by atoms with Crippen molar-refractivity contribution in [3.05, 3.63) is 47.8 Å². The molecule has 114 valence electrons. The molecule has 4 rings (SSSR count). The molecule has 1 amide bonds. The van der Waals surface area contributed by atoms with E-state index in [4.69, 9.17) is 0 Å². The van der Waals surface area contributed by atoms with Crippen molar-refractivity contribution >= 4 is 5.91 Å². The smallest absolute Gasteiger partial charge is 0.224 e. The number of amides is 1. The highest BCUT2D eigenvalue weighted by molar-refractivity contribution is 5.83. The van der Waals surface area contributed by atoms with Gasteiger partial charge in [0.2, 0.25) is 5.91 Å². The largest absolute Gasteiger partial charge is 0.351 e. The zero-order valence-corrected chi connectivity index (χ0v) is 12.7. The lowest BCUT2D eigenvalue weighted by Gasteiger charge is -2.24. The van der Waals surface area contributed by atoms with Crippen molar-refractivity contribution in [1.29, 1.82) is 0 Å². The predicted octanol–water partition coefficient (Wildman–Crippen LogP) is 1.82. The highest BCUT2D eigenvalue weighted by Gasteiger charge is 2.44. The van der Waals surface area contributed by atoms with Gasteiger partial charge in [0.05, 0.1) is 5.69 Å². The van der Waals surface area contributed by atoms with Crippen molar-refractivity contribution in [2.45, 2.75) is 44.7 Å². The maximum absolute atomic E-state index is 12.4. The van der Waals surface area contributed by atoms with Gasteiger partial charge in [-0.05, 0) is 37.3 Å². The summed E-state index contributed by atoms with van der Waals surface area (Å²) in [5.74, 6) is 1.81. The number of hydrogen-bond donors (Lipinski definition) is 1. The summed E-state index contributed by atoms with van der Waals surface area (Å²) in [5, 5.41) is 3.22. The van der Waals surface area contributed by atoms with Crippen LogP contribution in [0.5, 0.6) is 0 Å². The average Bonchev–Trinajstić information content (AvgIpc) is 3.24. The molecule has 1 aliphatic heterocycles. The highest BCUT2D eigenvalue weighted by Crippen LogP contribution is 2.47. The van der Waals surface area contributed by atoms with E-state index >= 15 is 0 Å². The van der Waals surface area contributed by atoms with Crippen LogP contribution in [0.25, 0.3) is 0 Å². The lowest BCUT2D eigenvalue weighted by atomic mass is 10.1. The molecule has 0 spiro atoms. The number of carbonyl (C=O) groups is 1. The highest BCUT2D eigenvalue weighted by atomic mass is 16.2. The van der Waals surface area contributed by atoms with Gasteiger partial charge < -0.3 is 9.88 Å². The van der Waals surface area contributed by atoms with Gasteiger partial charge in [0.1, 0.15) is 5.82 Å². The fourth-order valence-corrected chi connectivity index (χ4v) is 3.46. The number of carbonyl (C=O) groups excluding carboxylic acids is 1. The van der Waals surface area contributed by atoms with Gasteiger partial charge in [0, 0.05) is 43.5 Å². The Labute approximate surface area is 129 Å². The Morgan fingerprint density at radius 1 is 1.45 bits per heavy atom. The number of aromatic nitrogens is 3. The first-order valence-corrected chi connectivity index (χ1v) is 7.93. The summed E-state index contributed by atoms with van der Waals surface area (Å²) < 4.78 is 2.18. The molecule has 0 saturated heterocycles. The second-order valence-electron chi connectivity index (χ2n) is 6.43. The van der Waals surface area contributed by atoms with Crippen LogP contribution in [0.15, 0.2) is 30.7 Å². The molecule has 0 aromatic carbocycles. The van der Waals surface area contributed by atoms with Crippen molar-refractivity contribution in [3.8, 4) is 0 Å². The number of nitrogens with one attached hydrogen (secondary N) is 1. The molecule has 5 nitrogen and oxygen atoms in total. The fourth-order valence-electron chi connectivity index (χ4n) is 3.46. The Morgan fingerprint density at radius 3 is 3.18 bits per heavy atom. The zero-order valence-electron chi connectivity index (χ0n) is 12.7. The van der Waals surface area contributed by atoms with Gasteiger partial charge >= 0.3 is 0 Å². The quantitative estimate of drug-likeness (QED) is 0.940. The number of rotatable bonds is 3. The Kier molecular flexibility index (Phi) is 3.21. The predicted molar refractivity (Wildman–Crippen MR) is 82.3 cm³/mol. The molecule has 1 fully saturated rings. The molecule has 0 bridgehead atoms. The molecule has 2 aromatic rings. The van der Waals surface area contributed by atoms with Crippen LogP contribution >= 0.6 is 0 Å². The minimum atomic E-state index is 0.120. The summed E-state index contributed by atoms with van der Waals surface area (Å²) in [4.78, 5) is 21.1. The van der Waals surface area contributed by atoms with Crippen LogP contribution in [0.2, 0.25) is 0 Å². The molecule has 3 unspecified atom stereocenters. The maximum atomic E-state index is 12.4. The molecular formula is C17H20N4O. The van der Waals surface area contributed by atoms with Gasteiger partial charge in [0.25, 0.3) is 0 Å². The third kappa shape index (κ3) is 2.51. The molecule has 1 aliphatic carbocycles. The first-order chi connectivity index (χ1) is 10.7. The van der Waals surface area contributed by atoms with E-state index in [1.807, 2.05) is 19.2 Å². The number of imidazole rings is 1. The van der Waals surface area contributed by atoms with Crippen LogP contribution in [-0.4, -0.2) is 26.5 Å². The molecule has 5 heteroatoms. The van der Waals surface area contributed by atoms with E-state index in [1.165, 1.54) is 5.56 Å². The van der Waals surface area contributed by atoms with E-state index in [-0.39, 0.29) is 17.9 Å². The molecule has 1 saturated carbocycles. The lowest BCUT2D eigenvalue weighted by Crippen LogP contribution is -2.41. The van der Waals surface area contributed by atoms with E-state index in [0.717, 1.165) is 37.3 Å². The van der Waals surface area contributed by atoms with Crippen LogP contribution in [0.3, 0.4) is 0 Å². The van der Waals surface area contributed by atoms with Gasteiger partial charge in [-0.25, -0.2) is 4.98 Å². The van der Waals surface area contributed by atoms with Gasteiger partial charge in [-0.2, -0.15) is 0 Å². The Hall–Kier alpha value is -2.17. The molecular weight excluding hydrogens is 276 g/mol. The molecule has 2 aromatic heterocycles. The number of hydrogen-bond acceptors (Lipinski definition) is 3. The van der Waals surface area contributed by atoms with Crippen LogP contribution in [0.1, 0.15) is 35.8 Å². The summed E-state index contributed by atoms with van der Waals surface area (Å²) in [6, 6.07) is 4.22. The van der Waals surface area contributed by atoms with E-state index in [2.05, 4.69) is 32.1 Å². The third-order valence-corrected chi connectivity index (χ3v) is 4.70. The summed E-state index contributed by atoms with van der Waals surface area (Å²) >= 11 is 0. The standard InChI is InChI=1S/C17H20N4O/c1-11-9-21-10-13(4-5-16(21)19-11)20-17(22)15-7-14(15)12-3-2-6-18-8-12/h2-3,6,8-9,13-15H,4-5,7,10H2,1H3,(H,20,22). The number of pyridine rings is 1. The SMILES string of the molecule is Cc1cn2c(n1)CCC(NC(=O)C1CC1c1cccnc1)C2. The lowest BCUT2D eigenvalue weighted by molar-refractivity contribution is -0.123. The molecule has 0 radical (unpaired) electrons. The average molecular weight is 296 g/mol. The summed E-state index contributed by atoms with van der Waals surface area (Å²) in [6.45, 7) is 2.85. The normalized spacial score (nSPS) is 26.3. The van der Waals surface area contributed by atoms with E-state index in [1.54, 1.807) is 6.20 Å². The minimum absolute atomic E-state index is 0.120. The summed E-state index contributed by atoms with van der Waals surface area (Å²) in [5.41, 5.74) is 2.24. The Morgan fingerprint density at radius 2 is 2.36 bits per heavy atom. The summed E-state index contributed by atoms with van der Waals surface area (Å²) in [6.07, 6.45) is 8.58. The van der Waals surface area contributed by atoms with Crippen molar-refractivity contribution in [2.24, 2.45) is 5.92 Å². The molecule has 22 heavy (non-hydrogen) atoms. The van der Waals surface area contributed by atoms with Gasteiger partial charge in [-0.1, -0.05) is 6.07 Å². The van der Waals surface area contributed by atoms with Crippen LogP contribution in [-0.2, 0) is 17.8 Å². The maximum Gasteiger partial charge on any atom is 0.224 e. The van der Waals surface area contributed by atoms with Gasteiger partial charge in [-0.3, -0.25) is 9.78 Å². The minimum Gasteiger partial charge on any atom is -0.351 e. The first-order valence-electron chi connectivity index (χ1n) is 7.93. The number of fused-ring (bicyclic) bond motifs is 1. The second-order valence-corrected chi connectivity index (χ2v) is 6.43. The molecule has 1 N–H and O–H groups in total. The van der Waals surface area contributed by atoms with Crippen molar-refractivity contribution < 1.29 is 4.79 Å². The van der Waals surface area contributed by atoms with E-state index < -0.39 is 0 Å². The van der Waals surface area contributed by atoms with Crippen molar-refractivity contribution in [2.75, 3.05) is 0 Å². The Balaban J connectivity index is 1.36. The molecule has 3 heterocycles. The van der Waals surface area contributed by atoms with Gasteiger partial charge in [0.15, 0.2) is 0 Å². The van der Waals surface area contributed by atoms with Crippen LogP contribution < -0.4 is 5.32 Å². The van der Waals surface area contributed by atoms with Crippen LogP contribution in [0.4, 0.5) is 0 Å². The molecule has 3 atom stereocenters. The topological polar surface area (TPSA) is 59.8 Å². The summed E-state index contributed by atoms with van der Waals surface area (Å²) in [7, 11) is 0. The third-order valence-electron chi connectivity index (χ3n) is 4.70. The van der Waals surface area contributed by atoms with Crippen LogP contribution in [0, 0.1) is 12.8 Å². The zero-order chi connectivity index (χ0) is 15.1. The first kappa shape index (κ1) is 13.5. The van der Waals surface area contributed by atoms with Gasteiger partial charge in [-0.15, -0.1) is 0 Å². The van der Waals surface area contributed by atoms with E-state index in [0.29, 0.717) is 5.92 Å². The fraction of sp³-hybridized carbons (Fsp3) is 0.471. The number of aryl methyl sites for hydroxylation is 2. The molecule has 2 aliphatic rings. The Bertz CT molecular complexity index is 694. The monoisotopic (exact) mass is 296 g/mol. The number of nitrogens with zero attached hydrogens (tertiary/aromatic N) is 3. The van der Waals surface area contributed by atoms with Crippen molar-refractivity contribution in [1.82, 2.24) is 19.9 Å². The second kappa shape index (κ2) is 5.23. The van der Waals surface area contributed by atoms with E-state index in [9.17, 15) is 4.79 Å². The van der Waals surface area contributed by atoms with Crippen molar-refractivity contribution in [3.63, 3.8) is 0 Å².